The fourth-order valence-electron chi connectivity index (χ4n) is 5.39. The molecule has 35 heavy (non-hydrogen) atoms. The highest BCUT2D eigenvalue weighted by atomic mass is 32.2. The number of benzene rings is 2. The first-order valence-corrected chi connectivity index (χ1v) is 12.2. The Morgan fingerprint density at radius 1 is 0.943 bits per heavy atom. The van der Waals surface area contributed by atoms with E-state index >= 15 is 0 Å². The lowest BCUT2D eigenvalue weighted by Gasteiger charge is -2.59. The minimum absolute atomic E-state index is 0.0283. The van der Waals surface area contributed by atoms with Crippen molar-refractivity contribution in [1.29, 1.82) is 0 Å². The highest BCUT2D eigenvalue weighted by Crippen LogP contribution is 2.58. The Morgan fingerprint density at radius 2 is 1.51 bits per heavy atom. The van der Waals surface area contributed by atoms with Gasteiger partial charge in [0.1, 0.15) is 0 Å². The maximum atomic E-state index is 14.1. The van der Waals surface area contributed by atoms with Crippen LogP contribution in [-0.2, 0) is 21.8 Å². The Labute approximate surface area is 202 Å². The monoisotopic (exact) mass is 518 g/mol. The molecule has 4 nitrogen and oxygen atoms in total. The van der Waals surface area contributed by atoms with Crippen LogP contribution in [0.25, 0.3) is 0 Å². The maximum absolute atomic E-state index is 14.1. The molecule has 0 bridgehead atoms. The first kappa shape index (κ1) is 25.8. The topological polar surface area (TPSA) is 55.6 Å². The molecule has 0 saturated carbocycles. The summed E-state index contributed by atoms with van der Waals surface area (Å²) in [6.07, 6.45) is -7.03. The number of nitrogens with zero attached hydrogens (tertiary/aromatic N) is 1. The summed E-state index contributed by atoms with van der Waals surface area (Å²) in [6.45, 7) is 1.38. The normalized spacial score (nSPS) is 20.3. The summed E-state index contributed by atoms with van der Waals surface area (Å²) in [4.78, 5) is 14.7. The third-order valence-corrected chi connectivity index (χ3v) is 8.38. The molecule has 0 spiro atoms. The number of primary amides is 1. The molecule has 2 aliphatic rings. The van der Waals surface area contributed by atoms with Crippen molar-refractivity contribution < 1.29 is 35.9 Å². The zero-order valence-electron chi connectivity index (χ0n) is 18.8. The number of ether oxygens (including phenoxy) is 1. The van der Waals surface area contributed by atoms with Crippen LogP contribution in [0.1, 0.15) is 45.5 Å². The summed E-state index contributed by atoms with van der Waals surface area (Å²) in [7, 11) is 0. The van der Waals surface area contributed by atoms with E-state index in [1.165, 1.54) is 0 Å². The molecule has 4 rings (SSSR count). The number of hydrogen-bond donors (Lipinski definition) is 1. The highest BCUT2D eigenvalue weighted by Gasteiger charge is 2.63. The Kier molecular flexibility index (Phi) is 6.65. The lowest BCUT2D eigenvalue weighted by Crippen LogP contribution is -2.71. The number of rotatable bonds is 6. The van der Waals surface area contributed by atoms with Gasteiger partial charge >= 0.3 is 12.4 Å². The number of thioether (sulfide) groups is 1. The molecule has 1 amide bonds. The van der Waals surface area contributed by atoms with Crippen LogP contribution in [0, 0.1) is 0 Å². The second-order valence-corrected chi connectivity index (χ2v) is 9.80. The molecular weight excluding hydrogens is 494 g/mol. The van der Waals surface area contributed by atoms with Gasteiger partial charge < -0.3 is 10.5 Å². The van der Waals surface area contributed by atoms with Crippen molar-refractivity contribution >= 4 is 17.7 Å². The van der Waals surface area contributed by atoms with Gasteiger partial charge in [-0.1, -0.05) is 30.3 Å². The molecule has 1 unspecified atom stereocenters. The van der Waals surface area contributed by atoms with Crippen LogP contribution in [-0.4, -0.2) is 48.9 Å². The number of hydrogen-bond acceptors (Lipinski definition) is 4. The predicted molar refractivity (Wildman–Crippen MR) is 120 cm³/mol. The summed E-state index contributed by atoms with van der Waals surface area (Å²) >= 11 is 1.10. The first-order valence-electron chi connectivity index (χ1n) is 10.9. The van der Waals surface area contributed by atoms with Crippen molar-refractivity contribution in [2.24, 2.45) is 5.73 Å². The van der Waals surface area contributed by atoms with Gasteiger partial charge in [-0.25, -0.2) is 0 Å². The molecule has 0 aliphatic carbocycles. The van der Waals surface area contributed by atoms with Crippen molar-refractivity contribution in [3.05, 3.63) is 70.3 Å². The molecule has 0 aromatic heterocycles. The molecule has 2 aromatic carbocycles. The van der Waals surface area contributed by atoms with E-state index in [9.17, 15) is 31.1 Å². The standard InChI is InChI=1S/C24H24F6N2O2S/c1-35-22(15-7-3-2-4-8-15,21(13-34-14-21)32-9-5-6-10-32)17-11-16(23(25,26)27)12-18(24(28,29)30)19(17)20(31)33/h2-4,7-8,11-12H,5-6,9-10,13-14H2,1H3,(H2,31,33). The lowest BCUT2D eigenvalue weighted by molar-refractivity contribution is -0.150. The van der Waals surface area contributed by atoms with Crippen molar-refractivity contribution in [3.8, 4) is 0 Å². The first-order chi connectivity index (χ1) is 16.4. The van der Waals surface area contributed by atoms with Crippen molar-refractivity contribution in [1.82, 2.24) is 4.90 Å². The number of likely N-dealkylation sites (tertiary alicyclic amines) is 1. The molecular formula is C24H24F6N2O2S. The van der Waals surface area contributed by atoms with Crippen molar-refractivity contribution in [3.63, 3.8) is 0 Å². The summed E-state index contributed by atoms with van der Waals surface area (Å²) < 4.78 is 88.2. The Hall–Kier alpha value is -2.24. The number of amides is 1. The van der Waals surface area contributed by atoms with Crippen LogP contribution in [0.5, 0.6) is 0 Å². The van der Waals surface area contributed by atoms with Gasteiger partial charge in [-0.3, -0.25) is 9.69 Å². The second kappa shape index (κ2) is 9.01. The molecule has 2 aliphatic heterocycles. The van der Waals surface area contributed by atoms with Crippen LogP contribution >= 0.6 is 11.8 Å². The van der Waals surface area contributed by atoms with Gasteiger partial charge in [-0.15, -0.1) is 11.8 Å². The van der Waals surface area contributed by atoms with Crippen molar-refractivity contribution in [2.45, 2.75) is 35.5 Å². The molecule has 2 fully saturated rings. The van der Waals surface area contributed by atoms with Crippen LogP contribution in [0.4, 0.5) is 26.3 Å². The SMILES string of the molecule is CSC(c1ccccc1)(c1cc(C(F)(F)F)cc(C(F)(F)F)c1C(N)=O)C1(N2CCCC2)COC1. The zero-order chi connectivity index (χ0) is 25.6. The maximum Gasteiger partial charge on any atom is 0.417 e. The van der Waals surface area contributed by atoms with E-state index in [0.29, 0.717) is 24.7 Å². The minimum atomic E-state index is -5.24. The molecule has 2 aromatic rings. The summed E-state index contributed by atoms with van der Waals surface area (Å²) in [6, 6.07) is 8.99. The number of halogens is 6. The summed E-state index contributed by atoms with van der Waals surface area (Å²) in [5.74, 6) is -1.44. The van der Waals surface area contributed by atoms with E-state index < -0.39 is 50.8 Å². The molecule has 2 heterocycles. The number of carbonyl (C=O) groups is 1. The molecule has 0 radical (unpaired) electrons. The van der Waals surface area contributed by atoms with Crippen LogP contribution in [0.2, 0.25) is 0 Å². The van der Waals surface area contributed by atoms with Gasteiger partial charge in [0.15, 0.2) is 0 Å². The van der Waals surface area contributed by atoms with Gasteiger partial charge in [-0.05, 0) is 55.4 Å². The molecule has 1 atom stereocenters. The average Bonchev–Trinajstić information content (AvgIpc) is 3.29. The smallest absolute Gasteiger partial charge is 0.377 e. The van der Waals surface area contributed by atoms with E-state index in [-0.39, 0.29) is 19.3 Å². The lowest BCUT2D eigenvalue weighted by atomic mass is 9.69. The summed E-state index contributed by atoms with van der Waals surface area (Å²) in [5, 5.41) is 0. The zero-order valence-corrected chi connectivity index (χ0v) is 19.6. The quantitative estimate of drug-likeness (QED) is 0.528. The molecule has 11 heteroatoms. The fraction of sp³-hybridized carbons (Fsp3) is 0.458. The molecule has 2 N–H and O–H groups in total. The van der Waals surface area contributed by atoms with Gasteiger partial charge in [0.25, 0.3) is 0 Å². The minimum Gasteiger partial charge on any atom is -0.377 e. The van der Waals surface area contributed by atoms with Crippen LogP contribution in [0.3, 0.4) is 0 Å². The van der Waals surface area contributed by atoms with E-state index in [4.69, 9.17) is 10.5 Å². The predicted octanol–water partition coefficient (Wildman–Crippen LogP) is 5.29. The van der Waals surface area contributed by atoms with Gasteiger partial charge in [0.2, 0.25) is 5.91 Å². The third kappa shape index (κ3) is 4.11. The Bertz CT molecular complexity index is 1100. The third-order valence-electron chi connectivity index (χ3n) is 6.93. The Morgan fingerprint density at radius 3 is 1.94 bits per heavy atom. The Balaban J connectivity index is 2.17. The second-order valence-electron chi connectivity index (χ2n) is 8.78. The van der Waals surface area contributed by atoms with Crippen molar-refractivity contribution in [2.75, 3.05) is 32.6 Å². The van der Waals surface area contributed by atoms with E-state index in [0.717, 1.165) is 24.6 Å². The van der Waals surface area contributed by atoms with Crippen LogP contribution < -0.4 is 5.73 Å². The number of nitrogens with two attached hydrogens (primary N) is 1. The largest absolute Gasteiger partial charge is 0.417 e. The molecule has 190 valence electrons. The fourth-order valence-corrected chi connectivity index (χ4v) is 6.77. The number of alkyl halides is 6. The van der Waals surface area contributed by atoms with Gasteiger partial charge in [-0.2, -0.15) is 26.3 Å². The van der Waals surface area contributed by atoms with E-state index in [1.54, 1.807) is 36.6 Å². The number of carbonyl (C=O) groups excluding carboxylic acids is 1. The van der Waals surface area contributed by atoms with E-state index in [1.807, 2.05) is 0 Å². The molecule has 2 saturated heterocycles. The van der Waals surface area contributed by atoms with Gasteiger partial charge in [0, 0.05) is 0 Å². The average molecular weight is 519 g/mol. The highest BCUT2D eigenvalue weighted by molar-refractivity contribution is 7.99. The van der Waals surface area contributed by atoms with Crippen LogP contribution in [0.15, 0.2) is 42.5 Å². The van der Waals surface area contributed by atoms with E-state index in [2.05, 4.69) is 4.90 Å². The van der Waals surface area contributed by atoms with Gasteiger partial charge in [0.05, 0.1) is 40.2 Å². The summed E-state index contributed by atoms with van der Waals surface area (Å²) in [5.41, 5.74) is 0.433.